The van der Waals surface area contributed by atoms with Gasteiger partial charge in [0, 0.05) is 12.6 Å². The minimum absolute atomic E-state index is 0.360. The number of nitrogens with zero attached hydrogens (tertiary/aromatic N) is 2. The maximum Gasteiger partial charge on any atom is 0.133 e. The van der Waals surface area contributed by atoms with E-state index in [1.807, 2.05) is 0 Å². The number of aromatic nitrogens is 2. The number of aryl methyl sites for hydroxylation is 2. The highest BCUT2D eigenvalue weighted by Crippen LogP contribution is 2.30. The summed E-state index contributed by atoms with van der Waals surface area (Å²) in [4.78, 5) is 0. The van der Waals surface area contributed by atoms with Crippen molar-refractivity contribution in [2.75, 3.05) is 0 Å². The van der Waals surface area contributed by atoms with Crippen molar-refractivity contribution in [3.8, 4) is 0 Å². The molecular formula is C12H12ClFN2O. The van der Waals surface area contributed by atoms with Crippen LogP contribution >= 0.6 is 11.6 Å². The number of hydrogen-bond acceptors (Lipinski definition) is 2. The molecule has 0 saturated carbocycles. The van der Waals surface area contributed by atoms with E-state index in [0.29, 0.717) is 22.0 Å². The molecule has 0 aliphatic heterocycles. The fraction of sp³-hybridized carbons (Fsp3) is 0.250. The van der Waals surface area contributed by atoms with E-state index in [2.05, 4.69) is 5.10 Å². The quantitative estimate of drug-likeness (QED) is 0.895. The molecule has 1 heterocycles. The van der Waals surface area contributed by atoms with Crippen LogP contribution in [-0.4, -0.2) is 14.9 Å². The van der Waals surface area contributed by atoms with Gasteiger partial charge < -0.3 is 5.11 Å². The van der Waals surface area contributed by atoms with Crippen LogP contribution in [0.2, 0.25) is 5.15 Å². The van der Waals surface area contributed by atoms with Crippen molar-refractivity contribution in [3.05, 3.63) is 52.1 Å². The van der Waals surface area contributed by atoms with Gasteiger partial charge in [0.2, 0.25) is 0 Å². The van der Waals surface area contributed by atoms with Crippen molar-refractivity contribution in [1.82, 2.24) is 9.78 Å². The molecule has 0 spiro atoms. The average molecular weight is 255 g/mol. The molecule has 0 amide bonds. The van der Waals surface area contributed by atoms with E-state index in [4.69, 9.17) is 11.6 Å². The molecule has 0 bridgehead atoms. The Labute approximate surface area is 103 Å². The van der Waals surface area contributed by atoms with E-state index in [0.717, 1.165) is 0 Å². The van der Waals surface area contributed by atoms with Gasteiger partial charge in [-0.15, -0.1) is 0 Å². The third kappa shape index (κ3) is 2.18. The summed E-state index contributed by atoms with van der Waals surface area (Å²) in [5.41, 5.74) is 1.61. The number of aliphatic hydroxyl groups is 1. The molecule has 0 aliphatic rings. The lowest BCUT2D eigenvalue weighted by molar-refractivity contribution is 0.219. The molecule has 0 radical (unpaired) electrons. The average Bonchev–Trinajstić information content (AvgIpc) is 2.52. The predicted molar refractivity (Wildman–Crippen MR) is 63.4 cm³/mol. The van der Waals surface area contributed by atoms with Gasteiger partial charge in [-0.3, -0.25) is 4.68 Å². The third-order valence-corrected chi connectivity index (χ3v) is 3.08. The highest BCUT2D eigenvalue weighted by molar-refractivity contribution is 6.30. The van der Waals surface area contributed by atoms with Gasteiger partial charge >= 0.3 is 0 Å². The lowest BCUT2D eigenvalue weighted by Crippen LogP contribution is -2.01. The van der Waals surface area contributed by atoms with Crippen molar-refractivity contribution in [2.24, 2.45) is 7.05 Å². The summed E-state index contributed by atoms with van der Waals surface area (Å²) < 4.78 is 14.6. The molecule has 3 nitrogen and oxygen atoms in total. The summed E-state index contributed by atoms with van der Waals surface area (Å²) in [5.74, 6) is -0.390. The zero-order chi connectivity index (χ0) is 12.6. The van der Waals surface area contributed by atoms with Crippen LogP contribution < -0.4 is 0 Å². The second kappa shape index (κ2) is 4.47. The van der Waals surface area contributed by atoms with Crippen molar-refractivity contribution in [2.45, 2.75) is 13.0 Å². The number of benzene rings is 1. The summed E-state index contributed by atoms with van der Waals surface area (Å²) >= 11 is 6.05. The molecule has 0 saturated heterocycles. The molecule has 1 N–H and O–H groups in total. The van der Waals surface area contributed by atoms with E-state index in [-0.39, 0.29) is 5.82 Å². The van der Waals surface area contributed by atoms with Gasteiger partial charge in [-0.25, -0.2) is 4.39 Å². The first kappa shape index (κ1) is 12.1. The number of halogens is 2. The van der Waals surface area contributed by atoms with Gasteiger partial charge in [0.15, 0.2) is 0 Å². The maximum absolute atomic E-state index is 13.1. The van der Waals surface area contributed by atoms with E-state index < -0.39 is 6.10 Å². The fourth-order valence-electron chi connectivity index (χ4n) is 1.80. The lowest BCUT2D eigenvalue weighted by atomic mass is 10.0. The largest absolute Gasteiger partial charge is 0.383 e. The number of hydrogen-bond donors (Lipinski definition) is 1. The van der Waals surface area contributed by atoms with Crippen molar-refractivity contribution in [1.29, 1.82) is 0 Å². The van der Waals surface area contributed by atoms with Crippen LogP contribution in [-0.2, 0) is 7.05 Å². The molecular weight excluding hydrogens is 243 g/mol. The molecule has 2 rings (SSSR count). The summed E-state index contributed by atoms with van der Waals surface area (Å²) in [7, 11) is 1.69. The van der Waals surface area contributed by atoms with Crippen LogP contribution in [0.15, 0.2) is 24.3 Å². The molecule has 90 valence electrons. The molecule has 1 atom stereocenters. The van der Waals surface area contributed by atoms with Crippen molar-refractivity contribution >= 4 is 11.6 Å². The van der Waals surface area contributed by atoms with Crippen molar-refractivity contribution < 1.29 is 9.50 Å². The van der Waals surface area contributed by atoms with E-state index in [1.165, 1.54) is 16.8 Å². The number of aliphatic hydroxyl groups excluding tert-OH is 1. The highest BCUT2D eigenvalue weighted by atomic mass is 35.5. The smallest absolute Gasteiger partial charge is 0.133 e. The zero-order valence-electron chi connectivity index (χ0n) is 9.48. The molecule has 1 aromatic heterocycles. The highest BCUT2D eigenvalue weighted by Gasteiger charge is 2.21. The van der Waals surface area contributed by atoms with Crippen LogP contribution in [0.25, 0.3) is 0 Å². The van der Waals surface area contributed by atoms with Gasteiger partial charge in [-0.05, 0) is 24.6 Å². The minimum atomic E-state index is -0.966. The monoisotopic (exact) mass is 254 g/mol. The Morgan fingerprint density at radius 3 is 2.71 bits per heavy atom. The fourth-order valence-corrected chi connectivity index (χ4v) is 2.08. The first-order chi connectivity index (χ1) is 8.00. The summed E-state index contributed by atoms with van der Waals surface area (Å²) in [6.07, 6.45) is -0.966. The molecule has 0 aliphatic carbocycles. The van der Waals surface area contributed by atoms with Gasteiger partial charge in [0.25, 0.3) is 0 Å². The Morgan fingerprint density at radius 1 is 1.47 bits per heavy atom. The van der Waals surface area contributed by atoms with E-state index in [1.54, 1.807) is 26.1 Å². The number of rotatable bonds is 2. The summed E-state index contributed by atoms with van der Waals surface area (Å²) in [6.45, 7) is 1.75. The molecule has 1 unspecified atom stereocenters. The van der Waals surface area contributed by atoms with Gasteiger partial charge in [-0.1, -0.05) is 23.7 Å². The first-order valence-corrected chi connectivity index (χ1v) is 5.51. The third-order valence-electron chi connectivity index (χ3n) is 2.63. The first-order valence-electron chi connectivity index (χ1n) is 5.13. The van der Waals surface area contributed by atoms with Crippen LogP contribution in [0, 0.1) is 12.7 Å². The van der Waals surface area contributed by atoms with Crippen molar-refractivity contribution in [3.63, 3.8) is 0 Å². The van der Waals surface area contributed by atoms with Crippen LogP contribution in [0.5, 0.6) is 0 Å². The molecule has 5 heteroatoms. The van der Waals surface area contributed by atoms with Gasteiger partial charge in [0.1, 0.15) is 17.1 Å². The molecule has 1 aromatic carbocycles. The van der Waals surface area contributed by atoms with Crippen LogP contribution in [0.3, 0.4) is 0 Å². The Kier molecular flexibility index (Phi) is 3.17. The molecule has 0 fully saturated rings. The Hall–Kier alpha value is -1.39. The standard InChI is InChI=1S/C12H12ClFN2O/c1-7-10(12(13)16(2)15-7)11(17)8-4-3-5-9(14)6-8/h3-6,11,17H,1-2H3. The zero-order valence-corrected chi connectivity index (χ0v) is 10.2. The second-order valence-corrected chi connectivity index (χ2v) is 4.23. The topological polar surface area (TPSA) is 38.0 Å². The Balaban J connectivity index is 2.47. The predicted octanol–water partition coefficient (Wildman–Crippen LogP) is 2.60. The van der Waals surface area contributed by atoms with Crippen LogP contribution in [0.1, 0.15) is 22.9 Å². The normalized spacial score (nSPS) is 12.8. The lowest BCUT2D eigenvalue weighted by Gasteiger charge is -2.11. The minimum Gasteiger partial charge on any atom is -0.383 e. The molecule has 17 heavy (non-hydrogen) atoms. The Bertz CT molecular complexity index is 553. The van der Waals surface area contributed by atoms with Gasteiger partial charge in [-0.2, -0.15) is 5.10 Å². The summed E-state index contributed by atoms with van der Waals surface area (Å²) in [5, 5.41) is 14.7. The van der Waals surface area contributed by atoms with Gasteiger partial charge in [0.05, 0.1) is 5.69 Å². The Morgan fingerprint density at radius 2 is 2.18 bits per heavy atom. The van der Waals surface area contributed by atoms with Crippen LogP contribution in [0.4, 0.5) is 4.39 Å². The van der Waals surface area contributed by atoms with E-state index in [9.17, 15) is 9.50 Å². The maximum atomic E-state index is 13.1. The second-order valence-electron chi connectivity index (χ2n) is 3.87. The summed E-state index contributed by atoms with van der Waals surface area (Å²) in [6, 6.07) is 5.81. The van der Waals surface area contributed by atoms with E-state index >= 15 is 0 Å². The SMILES string of the molecule is Cc1nn(C)c(Cl)c1C(O)c1cccc(F)c1. The molecule has 2 aromatic rings.